The molecule has 1 saturated carbocycles. The zero-order chi connectivity index (χ0) is 16.2. The lowest BCUT2D eigenvalue weighted by molar-refractivity contribution is -0.122. The summed E-state index contributed by atoms with van der Waals surface area (Å²) in [5.41, 5.74) is 1.36. The number of benzene rings is 1. The molecule has 23 heavy (non-hydrogen) atoms. The van der Waals surface area contributed by atoms with Crippen molar-refractivity contribution in [2.75, 3.05) is 11.9 Å². The van der Waals surface area contributed by atoms with Crippen molar-refractivity contribution in [1.29, 1.82) is 0 Å². The van der Waals surface area contributed by atoms with Crippen molar-refractivity contribution in [2.45, 2.75) is 31.8 Å². The molecule has 122 valence electrons. The van der Waals surface area contributed by atoms with Crippen molar-refractivity contribution in [3.63, 3.8) is 0 Å². The van der Waals surface area contributed by atoms with Crippen LogP contribution >= 0.6 is 0 Å². The van der Waals surface area contributed by atoms with Crippen LogP contribution < -0.4 is 5.32 Å². The first-order chi connectivity index (χ1) is 11.1. The highest BCUT2D eigenvalue weighted by Crippen LogP contribution is 2.26. The molecule has 0 saturated heterocycles. The third kappa shape index (κ3) is 3.76. The Kier molecular flexibility index (Phi) is 4.71. The first-order valence-electron chi connectivity index (χ1n) is 7.82. The Morgan fingerprint density at radius 2 is 2.04 bits per heavy atom. The van der Waals surface area contributed by atoms with E-state index in [1.54, 1.807) is 30.1 Å². The molecule has 5 nitrogen and oxygen atoms in total. The van der Waals surface area contributed by atoms with Gasteiger partial charge in [0.2, 0.25) is 0 Å². The smallest absolute Gasteiger partial charge is 0.251 e. The normalized spacial score (nSPS) is 15.0. The number of nitrogens with zero attached hydrogens (tertiary/aromatic N) is 2. The first-order valence-corrected chi connectivity index (χ1v) is 7.82. The van der Waals surface area contributed by atoms with E-state index in [1.165, 1.54) is 25.0 Å². The van der Waals surface area contributed by atoms with Gasteiger partial charge in [-0.05, 0) is 37.1 Å². The summed E-state index contributed by atoms with van der Waals surface area (Å²) >= 11 is 0. The summed E-state index contributed by atoms with van der Waals surface area (Å²) in [7, 11) is 1.80. The number of hydrogen-bond donors (Lipinski definition) is 1. The van der Waals surface area contributed by atoms with Crippen molar-refractivity contribution in [1.82, 2.24) is 9.55 Å². The van der Waals surface area contributed by atoms with Crippen LogP contribution in [0.3, 0.4) is 0 Å². The van der Waals surface area contributed by atoms with Crippen LogP contribution in [0.2, 0.25) is 0 Å². The molecule has 1 N–H and O–H groups in total. The van der Waals surface area contributed by atoms with Gasteiger partial charge in [-0.2, -0.15) is 0 Å². The number of anilines is 1. The number of ether oxygens (including phenoxy) is 1. The molecule has 2 aromatic rings. The average Bonchev–Trinajstić information content (AvgIpc) is 3.17. The molecule has 6 heteroatoms. The Balaban J connectivity index is 1.68. The largest absolute Gasteiger partial charge is 0.368 e. The summed E-state index contributed by atoms with van der Waals surface area (Å²) in [4.78, 5) is 16.4. The van der Waals surface area contributed by atoms with Crippen LogP contribution in [0.5, 0.6) is 0 Å². The van der Waals surface area contributed by atoms with Crippen molar-refractivity contribution in [2.24, 2.45) is 7.05 Å². The Bertz CT molecular complexity index is 676. The maximum atomic E-state index is 13.1. The van der Waals surface area contributed by atoms with Crippen molar-refractivity contribution >= 4 is 11.7 Å². The van der Waals surface area contributed by atoms with Gasteiger partial charge in [-0.15, -0.1) is 0 Å². The summed E-state index contributed by atoms with van der Waals surface area (Å²) in [5, 5.41) is 2.84. The minimum absolute atomic E-state index is 0.0404. The Morgan fingerprint density at radius 1 is 1.35 bits per heavy atom. The van der Waals surface area contributed by atoms with E-state index in [0.29, 0.717) is 11.5 Å². The van der Waals surface area contributed by atoms with Crippen LogP contribution in [0.4, 0.5) is 10.2 Å². The minimum Gasteiger partial charge on any atom is -0.368 e. The molecule has 0 unspecified atom stereocenters. The summed E-state index contributed by atoms with van der Waals surface area (Å²) < 4.78 is 20.4. The minimum atomic E-state index is -0.305. The van der Waals surface area contributed by atoms with Gasteiger partial charge in [0, 0.05) is 12.6 Å². The van der Waals surface area contributed by atoms with Gasteiger partial charge in [0.15, 0.2) is 0 Å². The predicted octanol–water partition coefficient (Wildman–Crippen LogP) is 3.12. The molecule has 1 aromatic carbocycles. The van der Waals surface area contributed by atoms with Gasteiger partial charge >= 0.3 is 0 Å². The van der Waals surface area contributed by atoms with Crippen LogP contribution in [0.15, 0.2) is 30.6 Å². The maximum absolute atomic E-state index is 13.1. The van der Waals surface area contributed by atoms with E-state index in [2.05, 4.69) is 10.3 Å². The molecular weight excluding hydrogens is 297 g/mol. The molecule has 0 aliphatic heterocycles. The number of carbonyl (C=O) groups is 1. The molecule has 1 amide bonds. The van der Waals surface area contributed by atoms with Gasteiger partial charge in [-0.25, -0.2) is 9.37 Å². The van der Waals surface area contributed by atoms with Gasteiger partial charge in [0.1, 0.15) is 23.9 Å². The number of imidazole rings is 1. The van der Waals surface area contributed by atoms with Crippen molar-refractivity contribution in [3.05, 3.63) is 36.4 Å². The summed E-state index contributed by atoms with van der Waals surface area (Å²) in [6.45, 7) is 0.0404. The van der Waals surface area contributed by atoms with Crippen molar-refractivity contribution in [3.8, 4) is 11.3 Å². The third-order valence-electron chi connectivity index (χ3n) is 4.06. The topological polar surface area (TPSA) is 56.2 Å². The Hall–Kier alpha value is -2.21. The standard InChI is InChI=1S/C17H20FN3O2/c1-21-11-19-16(12-6-8-13(18)9-7-12)17(21)20-15(22)10-23-14-4-2-3-5-14/h6-9,11,14H,2-5,10H2,1H3,(H,20,22). The molecular formula is C17H20FN3O2. The number of rotatable bonds is 5. The zero-order valence-electron chi connectivity index (χ0n) is 13.1. The Labute approximate surface area is 134 Å². The van der Waals surface area contributed by atoms with Gasteiger partial charge in [-0.1, -0.05) is 12.8 Å². The number of carbonyl (C=O) groups excluding carboxylic acids is 1. The molecule has 1 aliphatic rings. The first kappa shape index (κ1) is 15.7. The lowest BCUT2D eigenvalue weighted by atomic mass is 10.1. The number of hydrogen-bond acceptors (Lipinski definition) is 3. The monoisotopic (exact) mass is 317 g/mol. The van der Waals surface area contributed by atoms with Crippen LogP contribution in [0, 0.1) is 5.82 Å². The van der Waals surface area contributed by atoms with E-state index in [0.717, 1.165) is 18.4 Å². The van der Waals surface area contributed by atoms with Crippen LogP contribution in [-0.2, 0) is 16.6 Å². The SMILES string of the molecule is Cn1cnc(-c2ccc(F)cc2)c1NC(=O)COC1CCCC1. The third-order valence-corrected chi connectivity index (χ3v) is 4.06. The van der Waals surface area contributed by atoms with E-state index in [-0.39, 0.29) is 24.4 Å². The second-order valence-corrected chi connectivity index (χ2v) is 5.83. The van der Waals surface area contributed by atoms with Gasteiger partial charge in [0.05, 0.1) is 12.4 Å². The van der Waals surface area contributed by atoms with E-state index in [9.17, 15) is 9.18 Å². The fourth-order valence-electron chi connectivity index (χ4n) is 2.81. The van der Waals surface area contributed by atoms with Crippen LogP contribution in [0.1, 0.15) is 25.7 Å². The number of nitrogens with one attached hydrogen (secondary N) is 1. The van der Waals surface area contributed by atoms with E-state index in [4.69, 9.17) is 4.74 Å². The van der Waals surface area contributed by atoms with E-state index < -0.39 is 0 Å². The number of aryl methyl sites for hydroxylation is 1. The van der Waals surface area contributed by atoms with Crippen LogP contribution in [-0.4, -0.2) is 28.2 Å². The van der Waals surface area contributed by atoms with Crippen molar-refractivity contribution < 1.29 is 13.9 Å². The molecule has 3 rings (SSSR count). The number of halogens is 1. The molecule has 1 aromatic heterocycles. The van der Waals surface area contributed by atoms with Gasteiger partial charge in [0.25, 0.3) is 5.91 Å². The maximum Gasteiger partial charge on any atom is 0.251 e. The molecule has 1 heterocycles. The fourth-order valence-corrected chi connectivity index (χ4v) is 2.81. The molecule has 0 spiro atoms. The number of aromatic nitrogens is 2. The second kappa shape index (κ2) is 6.91. The highest BCUT2D eigenvalue weighted by Gasteiger charge is 2.18. The zero-order valence-corrected chi connectivity index (χ0v) is 13.1. The Morgan fingerprint density at radius 3 is 2.74 bits per heavy atom. The summed E-state index contributed by atoms with van der Waals surface area (Å²) in [5.74, 6) is 0.0701. The average molecular weight is 317 g/mol. The molecule has 1 aliphatic carbocycles. The molecule has 0 radical (unpaired) electrons. The predicted molar refractivity (Wildman–Crippen MR) is 85.4 cm³/mol. The highest BCUT2D eigenvalue weighted by molar-refractivity contribution is 5.94. The van der Waals surface area contributed by atoms with E-state index in [1.807, 2.05) is 0 Å². The van der Waals surface area contributed by atoms with Gasteiger partial charge < -0.3 is 14.6 Å². The number of amides is 1. The molecule has 0 atom stereocenters. The van der Waals surface area contributed by atoms with Crippen LogP contribution in [0.25, 0.3) is 11.3 Å². The highest BCUT2D eigenvalue weighted by atomic mass is 19.1. The lowest BCUT2D eigenvalue weighted by Crippen LogP contribution is -2.23. The molecule has 0 bridgehead atoms. The van der Waals surface area contributed by atoms with Gasteiger partial charge in [-0.3, -0.25) is 4.79 Å². The quantitative estimate of drug-likeness (QED) is 0.922. The fraction of sp³-hybridized carbons (Fsp3) is 0.412. The lowest BCUT2D eigenvalue weighted by Gasteiger charge is -2.12. The summed E-state index contributed by atoms with van der Waals surface area (Å²) in [6, 6.07) is 6.03. The molecule has 1 fully saturated rings. The second-order valence-electron chi connectivity index (χ2n) is 5.83. The van der Waals surface area contributed by atoms with E-state index >= 15 is 0 Å². The summed E-state index contributed by atoms with van der Waals surface area (Å²) in [6.07, 6.45) is 6.21.